The van der Waals surface area contributed by atoms with Gasteiger partial charge in [0.15, 0.2) is 5.84 Å². The number of aliphatic imine (C=N–C) groups is 1. The molecule has 164 valence electrons. The Balaban J connectivity index is 1.57. The molecule has 3 aliphatic heterocycles. The third-order valence-electron chi connectivity index (χ3n) is 6.03. The molecule has 1 aromatic rings. The lowest BCUT2D eigenvalue weighted by atomic mass is 9.88. The van der Waals surface area contributed by atoms with Gasteiger partial charge in [0.2, 0.25) is 0 Å². The van der Waals surface area contributed by atoms with Crippen LogP contribution in [-0.4, -0.2) is 76.3 Å². The summed E-state index contributed by atoms with van der Waals surface area (Å²) in [5.74, 6) is 0.491. The van der Waals surface area contributed by atoms with E-state index in [9.17, 15) is 15.3 Å². The standard InChI is InChI=1S/C19H24Cl2N4O5/c1-19(28)14(27)18(25-6-5-10-16(24-29-2)22-8-23-17(10)25)30-15(19)13(26)9-3-4-11(20)12(21)7-9/h3-4,7-8,10,13-15,17-18,26-28H,5-6H2,1-2H3,(H,22,23,24)/t10?,13-,14+,15-,17?,18-,19+/m1/s1. The van der Waals surface area contributed by atoms with Crippen molar-refractivity contribution in [3.8, 4) is 0 Å². The topological polar surface area (TPSA) is 119 Å². The number of likely N-dealkylation sites (tertiary alicyclic amines) is 1. The first-order chi connectivity index (χ1) is 14.3. The summed E-state index contributed by atoms with van der Waals surface area (Å²) in [7, 11) is 1.46. The highest BCUT2D eigenvalue weighted by Crippen LogP contribution is 2.42. The van der Waals surface area contributed by atoms with E-state index in [0.29, 0.717) is 29.4 Å². The molecule has 2 fully saturated rings. The van der Waals surface area contributed by atoms with Crippen LogP contribution >= 0.6 is 23.2 Å². The second-order valence-corrected chi connectivity index (χ2v) is 8.69. The van der Waals surface area contributed by atoms with Crippen molar-refractivity contribution in [2.75, 3.05) is 13.7 Å². The molecule has 7 atom stereocenters. The summed E-state index contributed by atoms with van der Waals surface area (Å²) < 4.78 is 6.05. The van der Waals surface area contributed by atoms with E-state index in [1.54, 1.807) is 12.1 Å². The Morgan fingerprint density at radius 2 is 2.17 bits per heavy atom. The first kappa shape index (κ1) is 21.8. The van der Waals surface area contributed by atoms with Crippen LogP contribution in [0.4, 0.5) is 0 Å². The van der Waals surface area contributed by atoms with Crippen LogP contribution in [0.2, 0.25) is 10.0 Å². The number of halogens is 2. The highest BCUT2D eigenvalue weighted by molar-refractivity contribution is 6.42. The predicted octanol–water partition coefficient (Wildman–Crippen LogP) is 1.10. The smallest absolute Gasteiger partial charge is 0.175 e. The molecule has 0 aromatic heterocycles. The van der Waals surface area contributed by atoms with Crippen molar-refractivity contribution in [1.82, 2.24) is 10.2 Å². The van der Waals surface area contributed by atoms with E-state index in [0.717, 1.165) is 0 Å². The number of fused-ring (bicyclic) bond motifs is 1. The molecule has 0 amide bonds. The Labute approximate surface area is 183 Å². The first-order valence-corrected chi connectivity index (χ1v) is 10.4. The number of hydrogen-bond acceptors (Lipinski definition) is 8. The number of amidine groups is 1. The third-order valence-corrected chi connectivity index (χ3v) is 6.76. The summed E-state index contributed by atoms with van der Waals surface area (Å²) in [6, 6.07) is 4.69. The van der Waals surface area contributed by atoms with Crippen LogP contribution in [0.15, 0.2) is 28.3 Å². The molecule has 3 heterocycles. The number of aliphatic hydroxyl groups excluding tert-OH is 2. The number of rotatable bonds is 4. The Morgan fingerprint density at radius 3 is 2.87 bits per heavy atom. The Hall–Kier alpha value is -1.46. The first-order valence-electron chi connectivity index (χ1n) is 9.60. The molecule has 4 N–H and O–H groups in total. The van der Waals surface area contributed by atoms with Crippen molar-refractivity contribution in [1.29, 1.82) is 0 Å². The highest BCUT2D eigenvalue weighted by Gasteiger charge is 2.59. The van der Waals surface area contributed by atoms with Crippen LogP contribution < -0.4 is 5.32 Å². The maximum absolute atomic E-state index is 11.0. The van der Waals surface area contributed by atoms with Gasteiger partial charge in [-0.3, -0.25) is 4.90 Å². The van der Waals surface area contributed by atoms with Crippen LogP contribution in [0.5, 0.6) is 0 Å². The second kappa shape index (κ2) is 8.23. The third kappa shape index (κ3) is 3.58. The molecule has 0 saturated carbocycles. The van der Waals surface area contributed by atoms with E-state index in [2.05, 4.69) is 15.5 Å². The van der Waals surface area contributed by atoms with Crippen molar-refractivity contribution in [3.63, 3.8) is 0 Å². The van der Waals surface area contributed by atoms with Crippen molar-refractivity contribution in [2.24, 2.45) is 16.1 Å². The fourth-order valence-electron chi connectivity index (χ4n) is 4.39. The summed E-state index contributed by atoms with van der Waals surface area (Å²) in [5.41, 5.74) is -1.28. The normalized spacial score (nSPS) is 38.5. The number of hydrogen-bond donors (Lipinski definition) is 4. The van der Waals surface area contributed by atoms with Gasteiger partial charge in [0, 0.05) is 6.54 Å². The summed E-state index contributed by atoms with van der Waals surface area (Å²) >= 11 is 12.0. The minimum absolute atomic E-state index is 0.0604. The Morgan fingerprint density at radius 1 is 1.40 bits per heavy atom. The summed E-state index contributed by atoms with van der Waals surface area (Å²) in [4.78, 5) is 11.0. The Bertz CT molecular complexity index is 867. The molecule has 0 bridgehead atoms. The van der Waals surface area contributed by atoms with E-state index in [1.165, 1.54) is 26.4 Å². The van der Waals surface area contributed by atoms with Gasteiger partial charge in [-0.25, -0.2) is 4.99 Å². The van der Waals surface area contributed by atoms with Crippen molar-refractivity contribution in [2.45, 2.75) is 49.7 Å². The second-order valence-electron chi connectivity index (χ2n) is 7.87. The van der Waals surface area contributed by atoms with Crippen molar-refractivity contribution < 1.29 is 24.9 Å². The maximum atomic E-state index is 11.0. The highest BCUT2D eigenvalue weighted by atomic mass is 35.5. The average molecular weight is 459 g/mol. The summed E-state index contributed by atoms with van der Waals surface area (Å²) in [6.07, 6.45) is -2.42. The molecule has 0 aliphatic carbocycles. The zero-order valence-electron chi connectivity index (χ0n) is 16.4. The molecule has 1 aromatic carbocycles. The van der Waals surface area contributed by atoms with E-state index in [-0.39, 0.29) is 17.1 Å². The number of nitrogens with one attached hydrogen (secondary N) is 1. The van der Waals surface area contributed by atoms with Crippen LogP contribution in [0.1, 0.15) is 25.0 Å². The zero-order valence-corrected chi connectivity index (χ0v) is 18.0. The number of ether oxygens (including phenoxy) is 1. The fraction of sp³-hybridized carbons (Fsp3) is 0.579. The molecule has 9 nitrogen and oxygen atoms in total. The lowest BCUT2D eigenvalue weighted by Crippen LogP contribution is -2.56. The molecule has 2 unspecified atom stereocenters. The van der Waals surface area contributed by atoms with Gasteiger partial charge in [-0.05, 0) is 31.0 Å². The molecule has 4 rings (SSSR count). The van der Waals surface area contributed by atoms with E-state index >= 15 is 0 Å². The quantitative estimate of drug-likeness (QED) is 0.498. The van der Waals surface area contributed by atoms with E-state index < -0.39 is 30.1 Å². The molecule has 30 heavy (non-hydrogen) atoms. The minimum Gasteiger partial charge on any atom is -0.398 e. The summed E-state index contributed by atoms with van der Waals surface area (Å²) in [6.45, 7) is 2.02. The molecule has 3 aliphatic rings. The van der Waals surface area contributed by atoms with Gasteiger partial charge in [-0.1, -0.05) is 34.4 Å². The average Bonchev–Trinajstić information content (AvgIpc) is 3.24. The van der Waals surface area contributed by atoms with Gasteiger partial charge in [-0.2, -0.15) is 0 Å². The van der Waals surface area contributed by atoms with Gasteiger partial charge in [0.25, 0.3) is 0 Å². The number of oxime groups is 1. The lowest BCUT2D eigenvalue weighted by Gasteiger charge is -2.35. The maximum Gasteiger partial charge on any atom is 0.175 e. The fourth-order valence-corrected chi connectivity index (χ4v) is 4.69. The van der Waals surface area contributed by atoms with Gasteiger partial charge in [-0.15, -0.1) is 0 Å². The molecular formula is C19H24Cl2N4O5. The zero-order chi connectivity index (χ0) is 21.6. The van der Waals surface area contributed by atoms with Crippen LogP contribution in [0.25, 0.3) is 0 Å². The Kier molecular flexibility index (Phi) is 5.97. The van der Waals surface area contributed by atoms with Gasteiger partial charge >= 0.3 is 0 Å². The largest absolute Gasteiger partial charge is 0.398 e. The minimum atomic E-state index is -1.71. The van der Waals surface area contributed by atoms with Crippen LogP contribution in [0.3, 0.4) is 0 Å². The van der Waals surface area contributed by atoms with Gasteiger partial charge in [0.1, 0.15) is 37.3 Å². The monoisotopic (exact) mass is 458 g/mol. The molecule has 0 spiro atoms. The number of benzene rings is 1. The lowest BCUT2D eigenvalue weighted by molar-refractivity contribution is -0.129. The van der Waals surface area contributed by atoms with Crippen LogP contribution in [-0.2, 0) is 9.57 Å². The number of aliphatic hydroxyl groups is 3. The van der Waals surface area contributed by atoms with E-state index in [1.807, 2.05) is 4.90 Å². The molecular weight excluding hydrogens is 435 g/mol. The van der Waals surface area contributed by atoms with Crippen LogP contribution in [0, 0.1) is 5.92 Å². The molecule has 0 radical (unpaired) electrons. The van der Waals surface area contributed by atoms with Crippen molar-refractivity contribution >= 4 is 35.4 Å². The summed E-state index contributed by atoms with van der Waals surface area (Å²) in [5, 5.41) is 40.6. The predicted molar refractivity (Wildman–Crippen MR) is 111 cm³/mol. The van der Waals surface area contributed by atoms with E-state index in [4.69, 9.17) is 32.8 Å². The molecule has 2 saturated heterocycles. The SMILES string of the molecule is CO/N=C1/N=CNC2C1CCN2[C@@H]1O[C@H]([C@H](O)c2ccc(Cl)c(Cl)c2)[C@@](C)(O)[C@H]1O. The van der Waals surface area contributed by atoms with Gasteiger partial charge in [0.05, 0.1) is 28.5 Å². The van der Waals surface area contributed by atoms with Crippen molar-refractivity contribution in [3.05, 3.63) is 33.8 Å². The number of nitrogens with zero attached hydrogens (tertiary/aromatic N) is 3. The molecule has 11 heteroatoms. The van der Waals surface area contributed by atoms with Gasteiger partial charge < -0.3 is 30.2 Å².